The minimum absolute atomic E-state index is 1.11. The molecule has 0 spiro atoms. The van der Waals surface area contributed by atoms with Crippen molar-refractivity contribution in [3.8, 4) is 0 Å². The fourth-order valence-corrected chi connectivity index (χ4v) is 1.26. The Morgan fingerprint density at radius 1 is 1.11 bits per heavy atom. The van der Waals surface area contributed by atoms with Crippen LogP contribution in [0, 0.1) is 0 Å². The number of hydrogen-bond acceptors (Lipinski definition) is 3. The summed E-state index contributed by atoms with van der Waals surface area (Å²) in [6.45, 7) is 6.55. The summed E-state index contributed by atoms with van der Waals surface area (Å²) in [5, 5.41) is 0. The van der Waals surface area contributed by atoms with Gasteiger partial charge in [0.05, 0.1) is 0 Å². The average molecular weight is 148 g/mol. The SMILES string of the molecule is CCN(CC)SN(C)C. The molecular formula is C6H16N2S. The van der Waals surface area contributed by atoms with Crippen LogP contribution in [0.5, 0.6) is 0 Å². The van der Waals surface area contributed by atoms with Crippen LogP contribution in [0.2, 0.25) is 0 Å². The maximum absolute atomic E-state index is 2.29. The molecule has 2 nitrogen and oxygen atoms in total. The molecule has 0 N–H and O–H groups in total. The first-order chi connectivity index (χ1) is 4.20. The van der Waals surface area contributed by atoms with Gasteiger partial charge in [-0.05, 0) is 14.1 Å². The molecule has 0 radical (unpaired) electrons. The van der Waals surface area contributed by atoms with Crippen molar-refractivity contribution >= 4 is 12.1 Å². The van der Waals surface area contributed by atoms with E-state index in [2.05, 4.69) is 36.6 Å². The van der Waals surface area contributed by atoms with Crippen molar-refractivity contribution in [1.29, 1.82) is 0 Å². The van der Waals surface area contributed by atoms with Crippen molar-refractivity contribution in [1.82, 2.24) is 8.61 Å². The molecule has 0 heterocycles. The third-order valence-corrected chi connectivity index (χ3v) is 2.06. The number of nitrogens with zero attached hydrogens (tertiary/aromatic N) is 2. The molecule has 0 rings (SSSR count). The van der Waals surface area contributed by atoms with E-state index in [9.17, 15) is 0 Å². The van der Waals surface area contributed by atoms with E-state index in [4.69, 9.17) is 0 Å². The van der Waals surface area contributed by atoms with Crippen LogP contribution in [0.15, 0.2) is 0 Å². The Kier molecular flexibility index (Phi) is 5.24. The Morgan fingerprint density at radius 2 is 1.56 bits per heavy atom. The highest BCUT2D eigenvalue weighted by Crippen LogP contribution is 2.09. The van der Waals surface area contributed by atoms with E-state index in [1.165, 1.54) is 0 Å². The molecule has 0 amide bonds. The fraction of sp³-hybridized carbons (Fsp3) is 1.00. The molecule has 0 aromatic carbocycles. The quantitative estimate of drug-likeness (QED) is 0.557. The number of hydrogen-bond donors (Lipinski definition) is 0. The third kappa shape index (κ3) is 4.75. The largest absolute Gasteiger partial charge is 0.243 e. The van der Waals surface area contributed by atoms with E-state index < -0.39 is 0 Å². The molecule has 0 unspecified atom stereocenters. The second-order valence-electron chi connectivity index (χ2n) is 2.01. The van der Waals surface area contributed by atoms with E-state index in [0.29, 0.717) is 0 Å². The van der Waals surface area contributed by atoms with Gasteiger partial charge in [0.1, 0.15) is 0 Å². The highest BCUT2D eigenvalue weighted by atomic mass is 32.2. The predicted molar refractivity (Wildman–Crippen MR) is 44.2 cm³/mol. The maximum atomic E-state index is 2.29. The van der Waals surface area contributed by atoms with Crippen molar-refractivity contribution in [3.63, 3.8) is 0 Å². The zero-order valence-electron chi connectivity index (χ0n) is 6.72. The summed E-state index contributed by atoms with van der Waals surface area (Å²) in [7, 11) is 4.12. The first-order valence-corrected chi connectivity index (χ1v) is 4.04. The van der Waals surface area contributed by atoms with Crippen LogP contribution in [-0.2, 0) is 0 Å². The molecule has 0 fully saturated rings. The molecule has 0 bridgehead atoms. The highest BCUT2D eigenvalue weighted by molar-refractivity contribution is 7.94. The van der Waals surface area contributed by atoms with E-state index in [0.717, 1.165) is 13.1 Å². The first-order valence-electron chi connectivity index (χ1n) is 3.31. The van der Waals surface area contributed by atoms with Gasteiger partial charge in [-0.3, -0.25) is 0 Å². The van der Waals surface area contributed by atoms with Gasteiger partial charge in [-0.1, -0.05) is 13.8 Å². The van der Waals surface area contributed by atoms with E-state index in [1.807, 2.05) is 0 Å². The van der Waals surface area contributed by atoms with Crippen molar-refractivity contribution in [3.05, 3.63) is 0 Å². The molecule has 0 atom stereocenters. The van der Waals surface area contributed by atoms with E-state index >= 15 is 0 Å². The monoisotopic (exact) mass is 148 g/mol. The van der Waals surface area contributed by atoms with E-state index in [-0.39, 0.29) is 0 Å². The lowest BCUT2D eigenvalue weighted by molar-refractivity contribution is 0.498. The Bertz CT molecular complexity index is 62.1. The Labute approximate surface area is 62.5 Å². The Balaban J connectivity index is 3.31. The number of rotatable bonds is 4. The zero-order valence-corrected chi connectivity index (χ0v) is 7.53. The van der Waals surface area contributed by atoms with Crippen molar-refractivity contribution in [2.24, 2.45) is 0 Å². The van der Waals surface area contributed by atoms with Crippen LogP contribution in [-0.4, -0.2) is 35.8 Å². The van der Waals surface area contributed by atoms with Crippen LogP contribution in [0.4, 0.5) is 0 Å². The van der Waals surface area contributed by atoms with Crippen molar-refractivity contribution < 1.29 is 0 Å². The predicted octanol–water partition coefficient (Wildman–Crippen LogP) is 1.45. The van der Waals surface area contributed by atoms with Crippen LogP contribution < -0.4 is 0 Å². The van der Waals surface area contributed by atoms with Crippen molar-refractivity contribution in [2.75, 3.05) is 27.2 Å². The normalized spacial score (nSPS) is 11.3. The van der Waals surface area contributed by atoms with Crippen LogP contribution in [0.25, 0.3) is 0 Å². The molecule has 0 saturated carbocycles. The van der Waals surface area contributed by atoms with Gasteiger partial charge in [0.25, 0.3) is 0 Å². The maximum Gasteiger partial charge on any atom is 0.00844 e. The molecule has 0 aromatic heterocycles. The molecule has 0 aliphatic heterocycles. The van der Waals surface area contributed by atoms with Gasteiger partial charge < -0.3 is 0 Å². The van der Waals surface area contributed by atoms with Gasteiger partial charge in [-0.2, -0.15) is 0 Å². The van der Waals surface area contributed by atoms with Crippen LogP contribution in [0.3, 0.4) is 0 Å². The van der Waals surface area contributed by atoms with Gasteiger partial charge in [-0.25, -0.2) is 8.61 Å². The minimum atomic E-state index is 1.11. The van der Waals surface area contributed by atoms with Gasteiger partial charge in [0.15, 0.2) is 0 Å². The molecule has 0 aliphatic carbocycles. The highest BCUT2D eigenvalue weighted by Gasteiger charge is 1.99. The summed E-state index contributed by atoms with van der Waals surface area (Å²) in [4.78, 5) is 0. The summed E-state index contributed by atoms with van der Waals surface area (Å²) >= 11 is 1.77. The molecule has 0 aliphatic rings. The summed E-state index contributed by atoms with van der Waals surface area (Å²) in [6, 6.07) is 0. The van der Waals surface area contributed by atoms with Gasteiger partial charge >= 0.3 is 0 Å². The van der Waals surface area contributed by atoms with Gasteiger partial charge in [0, 0.05) is 25.2 Å². The molecule has 0 saturated heterocycles. The lowest BCUT2D eigenvalue weighted by atomic mass is 10.7. The van der Waals surface area contributed by atoms with Crippen molar-refractivity contribution in [2.45, 2.75) is 13.8 Å². The summed E-state index contributed by atoms with van der Waals surface area (Å²) < 4.78 is 4.40. The smallest absolute Gasteiger partial charge is 0.00844 e. The summed E-state index contributed by atoms with van der Waals surface area (Å²) in [5.74, 6) is 0. The van der Waals surface area contributed by atoms with Gasteiger partial charge in [0.2, 0.25) is 0 Å². The zero-order chi connectivity index (χ0) is 7.28. The first kappa shape index (κ1) is 9.27. The minimum Gasteiger partial charge on any atom is -0.243 e. The van der Waals surface area contributed by atoms with E-state index in [1.54, 1.807) is 12.1 Å². The molecule has 56 valence electrons. The molecule has 3 heteroatoms. The lowest BCUT2D eigenvalue weighted by Gasteiger charge is -2.19. The second-order valence-corrected chi connectivity index (χ2v) is 3.42. The topological polar surface area (TPSA) is 6.48 Å². The van der Waals surface area contributed by atoms with Gasteiger partial charge in [-0.15, -0.1) is 0 Å². The Morgan fingerprint density at radius 3 is 1.67 bits per heavy atom. The van der Waals surface area contributed by atoms with Crippen LogP contribution in [0.1, 0.15) is 13.8 Å². The fourth-order valence-electron chi connectivity index (χ4n) is 0.570. The summed E-state index contributed by atoms with van der Waals surface area (Å²) in [6.07, 6.45) is 0. The average Bonchev–Trinajstić information content (AvgIpc) is 1.82. The van der Waals surface area contributed by atoms with Crippen LogP contribution >= 0.6 is 12.1 Å². The lowest BCUT2D eigenvalue weighted by Crippen LogP contribution is -2.19. The summed E-state index contributed by atoms with van der Waals surface area (Å²) in [5.41, 5.74) is 0. The molecular weight excluding hydrogens is 132 g/mol. The second kappa shape index (κ2) is 5.09. The molecule has 9 heavy (non-hydrogen) atoms. The molecule has 0 aromatic rings. The third-order valence-electron chi connectivity index (χ3n) is 0.984. The Hall–Kier alpha value is 0.270. The standard InChI is InChI=1S/C6H16N2S/c1-5-8(6-2)9-7(3)4/h5-6H2,1-4H3.